The van der Waals surface area contributed by atoms with Crippen molar-refractivity contribution >= 4 is 39.0 Å². The summed E-state index contributed by atoms with van der Waals surface area (Å²) in [5, 5.41) is -0.544. The molecular formula is C26H25NO7S. The Kier molecular flexibility index (Phi) is 5.64. The summed E-state index contributed by atoms with van der Waals surface area (Å²) in [7, 11) is -3.01. The molecule has 2 aromatic carbocycles. The van der Waals surface area contributed by atoms with Crippen molar-refractivity contribution < 1.29 is 31.8 Å². The van der Waals surface area contributed by atoms with Crippen molar-refractivity contribution in [3.05, 3.63) is 71.8 Å². The van der Waals surface area contributed by atoms with Crippen molar-refractivity contribution in [3.8, 4) is 0 Å². The molecule has 0 radical (unpaired) electrons. The predicted octanol–water partition coefficient (Wildman–Crippen LogP) is 3.21. The van der Waals surface area contributed by atoms with Crippen LogP contribution < -0.4 is 0 Å². The minimum Gasteiger partial charge on any atom is -0.469 e. The van der Waals surface area contributed by atoms with E-state index in [0.717, 1.165) is 0 Å². The Labute approximate surface area is 203 Å². The average Bonchev–Trinajstić information content (AvgIpc) is 3.51. The van der Waals surface area contributed by atoms with Gasteiger partial charge in [0, 0.05) is 0 Å². The molecule has 2 saturated carbocycles. The maximum Gasteiger partial charge on any atom is 0.311 e. The molecule has 182 valence electrons. The van der Waals surface area contributed by atoms with Gasteiger partial charge in [-0.15, -0.1) is 9.35 Å². The first-order valence-corrected chi connectivity index (χ1v) is 12.9. The second-order valence-electron chi connectivity index (χ2n) is 9.53. The van der Waals surface area contributed by atoms with Gasteiger partial charge in [0.25, 0.3) is 21.9 Å². The highest BCUT2D eigenvalue weighted by Gasteiger charge is 2.61. The lowest BCUT2D eigenvalue weighted by atomic mass is 9.75. The molecule has 2 aliphatic carbocycles. The van der Waals surface area contributed by atoms with Crippen molar-refractivity contribution in [1.82, 2.24) is 5.06 Å². The van der Waals surface area contributed by atoms with Gasteiger partial charge in [0.2, 0.25) is 0 Å². The van der Waals surface area contributed by atoms with Crippen LogP contribution in [0.5, 0.6) is 0 Å². The van der Waals surface area contributed by atoms with Crippen molar-refractivity contribution in [2.24, 2.45) is 17.3 Å². The number of rotatable bonds is 6. The fourth-order valence-electron chi connectivity index (χ4n) is 5.85. The summed E-state index contributed by atoms with van der Waals surface area (Å²) in [6.45, 7) is 1.79. The summed E-state index contributed by atoms with van der Waals surface area (Å²) in [5.74, 6) is -2.50. The van der Waals surface area contributed by atoms with Gasteiger partial charge in [-0.25, -0.2) is 0 Å². The SMILES string of the molecule is COC(=O)C1(C)CC2CC1CC2S(=O)(=O)ON1C(=O)C(c2ccccc2)=C(c2ccccc2)C1=O. The molecule has 1 aliphatic heterocycles. The van der Waals surface area contributed by atoms with Crippen molar-refractivity contribution in [2.45, 2.75) is 31.4 Å². The number of amides is 2. The van der Waals surface area contributed by atoms with Gasteiger partial charge in [0.15, 0.2) is 0 Å². The molecule has 8 nitrogen and oxygen atoms in total. The molecule has 9 heteroatoms. The minimum absolute atomic E-state index is 0.0863. The molecule has 35 heavy (non-hydrogen) atoms. The zero-order valence-corrected chi connectivity index (χ0v) is 20.2. The number of benzene rings is 2. The lowest BCUT2D eigenvalue weighted by molar-refractivity contribution is -0.161. The van der Waals surface area contributed by atoms with E-state index in [-0.39, 0.29) is 35.4 Å². The van der Waals surface area contributed by atoms with E-state index in [9.17, 15) is 22.8 Å². The molecule has 0 saturated heterocycles. The van der Waals surface area contributed by atoms with Gasteiger partial charge in [-0.1, -0.05) is 60.7 Å². The van der Waals surface area contributed by atoms with Crippen LogP contribution in [0.4, 0.5) is 0 Å². The number of nitrogens with zero attached hydrogens (tertiary/aromatic N) is 1. The normalized spacial score (nSPS) is 28.2. The fraction of sp³-hybridized carbons (Fsp3) is 0.346. The van der Waals surface area contributed by atoms with Crippen molar-refractivity contribution in [3.63, 3.8) is 0 Å². The zero-order chi connectivity index (χ0) is 25.0. The van der Waals surface area contributed by atoms with Crippen LogP contribution in [-0.2, 0) is 33.5 Å². The molecule has 5 rings (SSSR count). The summed E-state index contributed by atoms with van der Waals surface area (Å²) >= 11 is 0. The van der Waals surface area contributed by atoms with Crippen LogP contribution in [0.15, 0.2) is 60.7 Å². The van der Waals surface area contributed by atoms with Crippen LogP contribution in [0.25, 0.3) is 11.1 Å². The van der Waals surface area contributed by atoms with E-state index >= 15 is 0 Å². The number of hydroxylamine groups is 2. The third kappa shape index (κ3) is 3.70. The Morgan fingerprint density at radius 1 is 0.914 bits per heavy atom. The van der Waals surface area contributed by atoms with Gasteiger partial charge in [0.1, 0.15) is 0 Å². The molecule has 0 spiro atoms. The molecule has 2 amide bonds. The van der Waals surface area contributed by atoms with E-state index in [1.807, 2.05) is 0 Å². The van der Waals surface area contributed by atoms with E-state index in [1.54, 1.807) is 67.6 Å². The molecule has 4 unspecified atom stereocenters. The summed E-state index contributed by atoms with van der Waals surface area (Å²) in [6.07, 6.45) is 1.10. The number of carbonyl (C=O) groups excluding carboxylic acids is 3. The molecule has 4 atom stereocenters. The van der Waals surface area contributed by atoms with Crippen LogP contribution in [-0.4, -0.2) is 43.6 Å². The summed E-state index contributed by atoms with van der Waals surface area (Å²) in [4.78, 5) is 39.0. The van der Waals surface area contributed by atoms with Gasteiger partial charge in [0.05, 0.1) is 28.9 Å². The molecular weight excluding hydrogens is 470 g/mol. The molecule has 0 N–H and O–H groups in total. The largest absolute Gasteiger partial charge is 0.469 e. The van der Waals surface area contributed by atoms with Gasteiger partial charge >= 0.3 is 5.97 Å². The zero-order valence-electron chi connectivity index (χ0n) is 19.3. The first-order valence-electron chi connectivity index (χ1n) is 11.4. The van der Waals surface area contributed by atoms with Gasteiger partial charge in [-0.2, -0.15) is 8.42 Å². The Bertz CT molecular complexity index is 1270. The highest BCUT2D eigenvalue weighted by molar-refractivity contribution is 7.87. The number of carbonyl (C=O) groups is 3. The smallest absolute Gasteiger partial charge is 0.311 e. The van der Waals surface area contributed by atoms with Crippen LogP contribution >= 0.6 is 0 Å². The predicted molar refractivity (Wildman–Crippen MR) is 126 cm³/mol. The number of methoxy groups -OCH3 is 1. The van der Waals surface area contributed by atoms with Crippen LogP contribution in [0.1, 0.15) is 37.3 Å². The monoisotopic (exact) mass is 495 g/mol. The number of hydrogen-bond acceptors (Lipinski definition) is 7. The van der Waals surface area contributed by atoms with Crippen LogP contribution in [0.3, 0.4) is 0 Å². The Morgan fingerprint density at radius 2 is 1.43 bits per heavy atom. The number of ether oxygens (including phenoxy) is 1. The van der Waals surface area contributed by atoms with E-state index in [2.05, 4.69) is 0 Å². The van der Waals surface area contributed by atoms with Gasteiger partial charge in [-0.05, 0) is 49.1 Å². The summed E-state index contributed by atoms with van der Waals surface area (Å²) in [5.41, 5.74) is 0.406. The molecule has 1 heterocycles. The van der Waals surface area contributed by atoms with Crippen molar-refractivity contribution in [2.75, 3.05) is 7.11 Å². The highest BCUT2D eigenvalue weighted by atomic mass is 32.2. The Balaban J connectivity index is 1.44. The molecule has 2 bridgehead atoms. The summed E-state index contributed by atoms with van der Waals surface area (Å²) < 4.78 is 36.8. The topological polar surface area (TPSA) is 107 Å². The fourth-order valence-corrected chi connectivity index (χ4v) is 7.45. The lowest BCUT2D eigenvalue weighted by Crippen LogP contribution is -2.43. The quantitative estimate of drug-likeness (QED) is 0.447. The van der Waals surface area contributed by atoms with E-state index in [1.165, 1.54) is 7.11 Å². The second kappa shape index (κ2) is 8.42. The number of esters is 1. The molecule has 2 aromatic rings. The van der Waals surface area contributed by atoms with Gasteiger partial charge in [-0.3, -0.25) is 14.4 Å². The van der Waals surface area contributed by atoms with E-state index in [0.29, 0.717) is 29.0 Å². The second-order valence-corrected chi connectivity index (χ2v) is 11.3. The lowest BCUT2D eigenvalue weighted by Gasteiger charge is -2.34. The average molecular weight is 496 g/mol. The highest BCUT2D eigenvalue weighted by Crippen LogP contribution is 2.58. The summed E-state index contributed by atoms with van der Waals surface area (Å²) in [6, 6.07) is 17.2. The maximum atomic E-state index is 13.4. The van der Waals surface area contributed by atoms with Gasteiger partial charge < -0.3 is 4.74 Å². The van der Waals surface area contributed by atoms with Crippen molar-refractivity contribution in [1.29, 1.82) is 0 Å². The van der Waals surface area contributed by atoms with Crippen LogP contribution in [0, 0.1) is 17.3 Å². The Morgan fingerprint density at radius 3 is 1.86 bits per heavy atom. The molecule has 0 aromatic heterocycles. The number of fused-ring (bicyclic) bond motifs is 2. The number of imide groups is 1. The Hall–Kier alpha value is -3.30. The minimum atomic E-state index is -4.33. The first kappa shape index (κ1) is 23.4. The van der Waals surface area contributed by atoms with E-state index < -0.39 is 32.6 Å². The standard InChI is InChI=1S/C26H25NO7S/c1-26(25(30)33-2)15-18-13-19(26)14-20(18)35(31,32)34-27-23(28)21(16-9-5-3-6-10-16)22(24(27)29)17-11-7-4-8-12-17/h3-12,18-20H,13-15H2,1-2H3. The van der Waals surface area contributed by atoms with Crippen LogP contribution in [0.2, 0.25) is 0 Å². The third-order valence-electron chi connectivity index (χ3n) is 7.59. The third-order valence-corrected chi connectivity index (χ3v) is 9.27. The first-order chi connectivity index (χ1) is 16.7. The maximum absolute atomic E-state index is 13.4. The number of hydrogen-bond donors (Lipinski definition) is 0. The van der Waals surface area contributed by atoms with E-state index in [4.69, 9.17) is 9.02 Å². The molecule has 3 aliphatic rings. The molecule has 2 fully saturated rings.